The van der Waals surface area contributed by atoms with Crippen molar-refractivity contribution in [3.63, 3.8) is 0 Å². The lowest BCUT2D eigenvalue weighted by Crippen LogP contribution is -2.21. The first-order chi connectivity index (χ1) is 5.96. The summed E-state index contributed by atoms with van der Waals surface area (Å²) in [5.41, 5.74) is 5.51. The van der Waals surface area contributed by atoms with Crippen molar-refractivity contribution >= 4 is 11.6 Å². The molecule has 0 aromatic carbocycles. The summed E-state index contributed by atoms with van der Waals surface area (Å²) < 4.78 is 1.96. The van der Waals surface area contributed by atoms with E-state index < -0.39 is 0 Å². The van der Waals surface area contributed by atoms with E-state index in [1.807, 2.05) is 4.57 Å². The molecule has 0 aliphatic carbocycles. The largest absolute Gasteiger partial charge is 0.329 e. The Hall–Kier alpha value is -0.540. The van der Waals surface area contributed by atoms with E-state index in [2.05, 4.69) is 25.8 Å². The quantitative estimate of drug-likeness (QED) is 0.793. The SMILES string of the molecule is CC(C)(C)c1ncc(Cl)n1CCN. The predicted molar refractivity (Wildman–Crippen MR) is 55.0 cm³/mol. The molecule has 1 aromatic heterocycles. The maximum atomic E-state index is 5.97. The van der Waals surface area contributed by atoms with Crippen LogP contribution in [-0.4, -0.2) is 16.1 Å². The van der Waals surface area contributed by atoms with E-state index in [-0.39, 0.29) is 5.41 Å². The summed E-state index contributed by atoms with van der Waals surface area (Å²) in [6, 6.07) is 0. The van der Waals surface area contributed by atoms with Gasteiger partial charge in [0.2, 0.25) is 0 Å². The first kappa shape index (κ1) is 10.5. The molecule has 0 fully saturated rings. The Morgan fingerprint density at radius 2 is 2.15 bits per heavy atom. The van der Waals surface area contributed by atoms with Gasteiger partial charge in [0.25, 0.3) is 0 Å². The van der Waals surface area contributed by atoms with Gasteiger partial charge in [-0.25, -0.2) is 4.98 Å². The highest BCUT2D eigenvalue weighted by molar-refractivity contribution is 6.29. The number of nitrogens with two attached hydrogens (primary N) is 1. The van der Waals surface area contributed by atoms with Crippen LogP contribution in [0.3, 0.4) is 0 Å². The Kier molecular flexibility index (Phi) is 2.98. The van der Waals surface area contributed by atoms with Crippen LogP contribution in [0.15, 0.2) is 6.20 Å². The predicted octanol–water partition coefficient (Wildman–Crippen LogP) is 1.79. The molecule has 0 saturated carbocycles. The van der Waals surface area contributed by atoms with E-state index in [4.69, 9.17) is 17.3 Å². The summed E-state index contributed by atoms with van der Waals surface area (Å²) >= 11 is 5.97. The number of hydrogen-bond acceptors (Lipinski definition) is 2. The van der Waals surface area contributed by atoms with Gasteiger partial charge in [-0.3, -0.25) is 0 Å². The van der Waals surface area contributed by atoms with Gasteiger partial charge in [0.05, 0.1) is 6.20 Å². The molecule has 0 amide bonds. The van der Waals surface area contributed by atoms with E-state index in [1.54, 1.807) is 6.20 Å². The lowest BCUT2D eigenvalue weighted by atomic mass is 9.96. The number of halogens is 1. The van der Waals surface area contributed by atoms with Crippen LogP contribution in [0.4, 0.5) is 0 Å². The Balaban J connectivity index is 3.07. The van der Waals surface area contributed by atoms with Crippen LogP contribution < -0.4 is 5.73 Å². The maximum Gasteiger partial charge on any atom is 0.128 e. The van der Waals surface area contributed by atoms with Crippen molar-refractivity contribution in [1.82, 2.24) is 9.55 Å². The van der Waals surface area contributed by atoms with E-state index >= 15 is 0 Å². The minimum atomic E-state index is 0.0162. The molecule has 13 heavy (non-hydrogen) atoms. The number of nitrogens with zero attached hydrogens (tertiary/aromatic N) is 2. The van der Waals surface area contributed by atoms with Gasteiger partial charge in [-0.05, 0) is 0 Å². The van der Waals surface area contributed by atoms with Crippen molar-refractivity contribution in [3.05, 3.63) is 17.2 Å². The zero-order valence-electron chi connectivity index (χ0n) is 8.34. The first-order valence-electron chi connectivity index (χ1n) is 4.38. The Labute approximate surface area is 83.9 Å². The molecule has 3 nitrogen and oxygen atoms in total. The highest BCUT2D eigenvalue weighted by atomic mass is 35.5. The lowest BCUT2D eigenvalue weighted by molar-refractivity contribution is 0.501. The molecule has 1 heterocycles. The molecule has 0 spiro atoms. The molecule has 0 saturated heterocycles. The fourth-order valence-electron chi connectivity index (χ4n) is 1.30. The molecule has 0 aliphatic heterocycles. The van der Waals surface area contributed by atoms with Gasteiger partial charge in [-0.15, -0.1) is 0 Å². The highest BCUT2D eigenvalue weighted by Crippen LogP contribution is 2.23. The third-order valence-electron chi connectivity index (χ3n) is 1.83. The van der Waals surface area contributed by atoms with Crippen molar-refractivity contribution in [1.29, 1.82) is 0 Å². The van der Waals surface area contributed by atoms with Crippen molar-refractivity contribution < 1.29 is 0 Å². The summed E-state index contributed by atoms with van der Waals surface area (Å²) in [5.74, 6) is 0.989. The van der Waals surface area contributed by atoms with Crippen LogP contribution in [0.5, 0.6) is 0 Å². The van der Waals surface area contributed by atoms with E-state index in [0.29, 0.717) is 11.7 Å². The molecule has 0 unspecified atom stereocenters. The smallest absolute Gasteiger partial charge is 0.128 e. The topological polar surface area (TPSA) is 43.8 Å². The fraction of sp³-hybridized carbons (Fsp3) is 0.667. The molecule has 0 radical (unpaired) electrons. The minimum Gasteiger partial charge on any atom is -0.329 e. The molecular formula is C9H16ClN3. The van der Waals surface area contributed by atoms with E-state index in [0.717, 1.165) is 12.4 Å². The van der Waals surface area contributed by atoms with Crippen LogP contribution in [0.2, 0.25) is 5.15 Å². The van der Waals surface area contributed by atoms with Crippen LogP contribution >= 0.6 is 11.6 Å². The van der Waals surface area contributed by atoms with Gasteiger partial charge in [-0.1, -0.05) is 32.4 Å². The molecule has 4 heteroatoms. The Morgan fingerprint density at radius 1 is 1.54 bits per heavy atom. The maximum absolute atomic E-state index is 5.97. The summed E-state index contributed by atoms with van der Waals surface area (Å²) in [5, 5.41) is 0.662. The number of imidazole rings is 1. The second-order valence-corrected chi connectivity index (χ2v) is 4.48. The Morgan fingerprint density at radius 3 is 2.62 bits per heavy atom. The second-order valence-electron chi connectivity index (χ2n) is 4.09. The zero-order chi connectivity index (χ0) is 10.1. The lowest BCUT2D eigenvalue weighted by Gasteiger charge is -2.19. The normalized spacial score (nSPS) is 12.1. The van der Waals surface area contributed by atoms with Gasteiger partial charge >= 0.3 is 0 Å². The van der Waals surface area contributed by atoms with Crippen molar-refractivity contribution in [3.8, 4) is 0 Å². The van der Waals surface area contributed by atoms with Crippen LogP contribution in [0, 0.1) is 0 Å². The fourth-order valence-corrected chi connectivity index (χ4v) is 1.51. The summed E-state index contributed by atoms with van der Waals surface area (Å²) in [6.45, 7) is 7.64. The minimum absolute atomic E-state index is 0.0162. The number of rotatable bonds is 2. The number of aromatic nitrogens is 2. The van der Waals surface area contributed by atoms with Crippen molar-refractivity contribution in [2.24, 2.45) is 5.73 Å². The molecule has 1 rings (SSSR count). The zero-order valence-corrected chi connectivity index (χ0v) is 9.10. The second kappa shape index (κ2) is 3.68. The molecular weight excluding hydrogens is 186 g/mol. The van der Waals surface area contributed by atoms with Gasteiger partial charge < -0.3 is 10.3 Å². The first-order valence-corrected chi connectivity index (χ1v) is 4.76. The van der Waals surface area contributed by atoms with Gasteiger partial charge in [0, 0.05) is 18.5 Å². The summed E-state index contributed by atoms with van der Waals surface area (Å²) in [6.07, 6.45) is 1.68. The average molecular weight is 202 g/mol. The van der Waals surface area contributed by atoms with Gasteiger partial charge in [0.15, 0.2) is 0 Å². The molecule has 1 aromatic rings. The monoisotopic (exact) mass is 201 g/mol. The van der Waals surface area contributed by atoms with E-state index in [1.165, 1.54) is 0 Å². The molecule has 74 valence electrons. The summed E-state index contributed by atoms with van der Waals surface area (Å²) in [7, 11) is 0. The third kappa shape index (κ3) is 2.23. The number of hydrogen-bond donors (Lipinski definition) is 1. The van der Waals surface area contributed by atoms with Crippen LogP contribution in [-0.2, 0) is 12.0 Å². The standard InChI is InChI=1S/C9H16ClN3/c1-9(2,3)8-12-6-7(10)13(8)5-4-11/h6H,4-5,11H2,1-3H3. The van der Waals surface area contributed by atoms with Gasteiger partial charge in [-0.2, -0.15) is 0 Å². The average Bonchev–Trinajstić information content (AvgIpc) is 2.32. The van der Waals surface area contributed by atoms with E-state index in [9.17, 15) is 0 Å². The molecule has 0 atom stereocenters. The van der Waals surface area contributed by atoms with Gasteiger partial charge in [0.1, 0.15) is 11.0 Å². The summed E-state index contributed by atoms with van der Waals surface area (Å²) in [4.78, 5) is 4.28. The van der Waals surface area contributed by atoms with Crippen molar-refractivity contribution in [2.75, 3.05) is 6.54 Å². The van der Waals surface area contributed by atoms with Crippen LogP contribution in [0.25, 0.3) is 0 Å². The molecule has 0 bridgehead atoms. The van der Waals surface area contributed by atoms with Crippen LogP contribution in [0.1, 0.15) is 26.6 Å². The highest BCUT2D eigenvalue weighted by Gasteiger charge is 2.21. The Bertz CT molecular complexity index is 286. The molecule has 0 aliphatic rings. The molecule has 2 N–H and O–H groups in total. The van der Waals surface area contributed by atoms with Crippen molar-refractivity contribution in [2.45, 2.75) is 32.7 Å². The third-order valence-corrected chi connectivity index (χ3v) is 2.13.